The Hall–Kier alpha value is -3.19. The summed E-state index contributed by atoms with van der Waals surface area (Å²) in [6, 6.07) is 15.8. The molecule has 0 aliphatic rings. The second-order valence-corrected chi connectivity index (χ2v) is 6.78. The van der Waals surface area contributed by atoms with Crippen molar-refractivity contribution in [2.75, 3.05) is 20.5 Å². The third-order valence-electron chi connectivity index (χ3n) is 4.45. The molecule has 4 rings (SSSR count). The van der Waals surface area contributed by atoms with E-state index in [1.807, 2.05) is 70.2 Å². The second kappa shape index (κ2) is 7.82. The second-order valence-electron chi connectivity index (χ2n) is 5.99. The molecule has 0 unspecified atom stereocenters. The van der Waals surface area contributed by atoms with Crippen LogP contribution < -0.4 is 9.47 Å². The molecule has 0 spiro atoms. The number of thioether (sulfide) groups is 1. The average molecular weight is 392 g/mol. The summed E-state index contributed by atoms with van der Waals surface area (Å²) in [5.41, 5.74) is 3.70. The highest BCUT2D eigenvalue weighted by atomic mass is 32.2. The summed E-state index contributed by atoms with van der Waals surface area (Å²) < 4.78 is 15.1. The van der Waals surface area contributed by atoms with Gasteiger partial charge in [-0.15, -0.1) is 11.8 Å². The zero-order chi connectivity index (χ0) is 19.5. The molecule has 28 heavy (non-hydrogen) atoms. The van der Waals surface area contributed by atoms with Gasteiger partial charge >= 0.3 is 0 Å². The first kappa shape index (κ1) is 18.2. The average Bonchev–Trinajstić information content (AvgIpc) is 3.41. The molecule has 2 heterocycles. The number of imidazole rings is 1. The maximum atomic E-state index is 5.68. The Morgan fingerprint density at radius 2 is 1.82 bits per heavy atom. The number of hydrogen-bond donors (Lipinski definition) is 0. The molecule has 2 aromatic carbocycles. The summed E-state index contributed by atoms with van der Waals surface area (Å²) in [6.45, 7) is 0. The van der Waals surface area contributed by atoms with Gasteiger partial charge in [-0.05, 0) is 36.6 Å². The van der Waals surface area contributed by atoms with E-state index in [1.165, 1.54) is 0 Å². The summed E-state index contributed by atoms with van der Waals surface area (Å²) in [4.78, 5) is 4.23. The number of hydrogen-bond acceptors (Lipinski definition) is 5. The van der Waals surface area contributed by atoms with Crippen molar-refractivity contribution in [3.63, 3.8) is 0 Å². The van der Waals surface area contributed by atoms with E-state index in [9.17, 15) is 0 Å². The molecule has 0 aliphatic carbocycles. The van der Waals surface area contributed by atoms with Crippen molar-refractivity contribution in [2.24, 2.45) is 0 Å². The maximum absolute atomic E-state index is 5.68. The van der Waals surface area contributed by atoms with E-state index in [1.54, 1.807) is 38.5 Å². The molecule has 0 N–H and O–H groups in total. The molecule has 142 valence electrons. The van der Waals surface area contributed by atoms with Crippen molar-refractivity contribution in [2.45, 2.75) is 5.03 Å². The van der Waals surface area contributed by atoms with Gasteiger partial charge in [0.1, 0.15) is 27.9 Å². The minimum Gasteiger partial charge on any atom is -0.497 e. The molecule has 0 fully saturated rings. The zero-order valence-electron chi connectivity index (χ0n) is 15.9. The lowest BCUT2D eigenvalue weighted by atomic mass is 10.1. The van der Waals surface area contributed by atoms with Crippen LogP contribution in [-0.4, -0.2) is 39.8 Å². The first-order valence-electron chi connectivity index (χ1n) is 8.70. The van der Waals surface area contributed by atoms with Crippen LogP contribution in [0.3, 0.4) is 0 Å². The van der Waals surface area contributed by atoms with E-state index in [0.29, 0.717) is 0 Å². The van der Waals surface area contributed by atoms with Gasteiger partial charge in [0, 0.05) is 18.0 Å². The maximum Gasteiger partial charge on any atom is 0.143 e. The van der Waals surface area contributed by atoms with Crippen LogP contribution in [-0.2, 0) is 0 Å². The summed E-state index contributed by atoms with van der Waals surface area (Å²) in [5, 5.41) is 5.79. The summed E-state index contributed by atoms with van der Waals surface area (Å²) in [5.74, 6) is 1.49. The van der Waals surface area contributed by atoms with E-state index < -0.39 is 0 Å². The molecule has 0 radical (unpaired) electrons. The highest BCUT2D eigenvalue weighted by molar-refractivity contribution is 7.98. The Labute approximate surface area is 167 Å². The van der Waals surface area contributed by atoms with Crippen molar-refractivity contribution in [1.82, 2.24) is 19.3 Å². The van der Waals surface area contributed by atoms with Crippen molar-refractivity contribution >= 4 is 11.8 Å². The van der Waals surface area contributed by atoms with Crippen LogP contribution in [0.4, 0.5) is 0 Å². The van der Waals surface area contributed by atoms with Crippen molar-refractivity contribution in [3.05, 3.63) is 67.3 Å². The monoisotopic (exact) mass is 392 g/mol. The molecular formula is C21H20N4O2S. The lowest BCUT2D eigenvalue weighted by Crippen LogP contribution is -2.02. The quantitative estimate of drug-likeness (QED) is 0.453. The number of nitrogens with zero attached hydrogens (tertiary/aromatic N) is 4. The lowest BCUT2D eigenvalue weighted by molar-refractivity contribution is 0.404. The highest BCUT2D eigenvalue weighted by Gasteiger charge is 2.24. The lowest BCUT2D eigenvalue weighted by Gasteiger charge is -2.15. The molecule has 6 nitrogen and oxygen atoms in total. The Morgan fingerprint density at radius 1 is 1.00 bits per heavy atom. The fourth-order valence-corrected chi connectivity index (χ4v) is 3.71. The first-order chi connectivity index (χ1) is 13.8. The number of ether oxygens (including phenoxy) is 2. The van der Waals surface area contributed by atoms with Crippen molar-refractivity contribution < 1.29 is 9.47 Å². The Balaban J connectivity index is 2.09. The first-order valence-corrected chi connectivity index (χ1v) is 9.92. The van der Waals surface area contributed by atoms with Crippen LogP contribution in [0.2, 0.25) is 0 Å². The Bertz CT molecular complexity index is 1080. The standard InChI is InChI=1S/C21H20N4O2S/c1-26-16-9-10-18(27-2)17(13-16)19-20(24-12-11-22-14-24)21(28-3)23-25(19)15-7-5-4-6-8-15/h4-14H,1-3H3. The van der Waals surface area contributed by atoms with E-state index in [0.717, 1.165) is 39.2 Å². The van der Waals surface area contributed by atoms with E-state index in [4.69, 9.17) is 14.6 Å². The van der Waals surface area contributed by atoms with Gasteiger partial charge < -0.3 is 14.0 Å². The van der Waals surface area contributed by atoms with Crippen LogP contribution in [0.5, 0.6) is 11.5 Å². The molecule has 0 saturated heterocycles. The van der Waals surface area contributed by atoms with Crippen LogP contribution in [0, 0.1) is 0 Å². The minimum atomic E-state index is 0.742. The number of benzene rings is 2. The van der Waals surface area contributed by atoms with E-state index in [2.05, 4.69) is 4.98 Å². The number of methoxy groups -OCH3 is 2. The topological polar surface area (TPSA) is 54.1 Å². The van der Waals surface area contributed by atoms with Gasteiger partial charge in [0.05, 0.1) is 26.2 Å². The fraction of sp³-hybridized carbons (Fsp3) is 0.143. The van der Waals surface area contributed by atoms with Crippen molar-refractivity contribution in [1.29, 1.82) is 0 Å². The van der Waals surface area contributed by atoms with Crippen LogP contribution in [0.1, 0.15) is 0 Å². The minimum absolute atomic E-state index is 0.742. The van der Waals surface area contributed by atoms with Gasteiger partial charge in [-0.3, -0.25) is 0 Å². The van der Waals surface area contributed by atoms with E-state index >= 15 is 0 Å². The Morgan fingerprint density at radius 3 is 2.46 bits per heavy atom. The zero-order valence-corrected chi connectivity index (χ0v) is 16.7. The number of aromatic nitrogens is 4. The molecule has 2 aromatic heterocycles. The van der Waals surface area contributed by atoms with E-state index in [-0.39, 0.29) is 0 Å². The third-order valence-corrected chi connectivity index (χ3v) is 5.11. The highest BCUT2D eigenvalue weighted by Crippen LogP contribution is 2.41. The molecule has 0 atom stereocenters. The van der Waals surface area contributed by atoms with Gasteiger partial charge in [-0.2, -0.15) is 5.10 Å². The van der Waals surface area contributed by atoms with Gasteiger partial charge in [0.15, 0.2) is 0 Å². The molecule has 0 aliphatic heterocycles. The normalized spacial score (nSPS) is 10.8. The van der Waals surface area contributed by atoms with Crippen LogP contribution in [0.25, 0.3) is 22.6 Å². The molecule has 7 heteroatoms. The van der Waals surface area contributed by atoms with Crippen LogP contribution in [0.15, 0.2) is 72.3 Å². The Kier molecular flexibility index (Phi) is 5.08. The van der Waals surface area contributed by atoms with Gasteiger partial charge in [0.25, 0.3) is 0 Å². The summed E-state index contributed by atoms with van der Waals surface area (Å²) >= 11 is 1.59. The van der Waals surface area contributed by atoms with Crippen molar-refractivity contribution in [3.8, 4) is 34.1 Å². The molecule has 0 amide bonds. The SMILES string of the molecule is COc1ccc(OC)c(-c2c(-n3ccnc3)c(SC)nn2-c2ccccc2)c1. The van der Waals surface area contributed by atoms with Gasteiger partial charge in [0.2, 0.25) is 0 Å². The molecular weight excluding hydrogens is 372 g/mol. The van der Waals surface area contributed by atoms with Gasteiger partial charge in [-0.1, -0.05) is 18.2 Å². The number of para-hydroxylation sites is 1. The molecule has 0 saturated carbocycles. The summed E-state index contributed by atoms with van der Waals surface area (Å²) in [6.07, 6.45) is 7.48. The molecule has 4 aromatic rings. The largest absolute Gasteiger partial charge is 0.497 e. The molecule has 0 bridgehead atoms. The predicted octanol–water partition coefficient (Wildman–Crippen LogP) is 4.46. The number of rotatable bonds is 6. The predicted molar refractivity (Wildman–Crippen MR) is 111 cm³/mol. The van der Waals surface area contributed by atoms with Crippen LogP contribution >= 0.6 is 11.8 Å². The van der Waals surface area contributed by atoms with Gasteiger partial charge in [-0.25, -0.2) is 9.67 Å². The summed E-state index contributed by atoms with van der Waals surface area (Å²) in [7, 11) is 3.32. The third kappa shape index (κ3) is 3.14. The fourth-order valence-electron chi connectivity index (χ4n) is 3.15. The smallest absolute Gasteiger partial charge is 0.143 e.